The predicted octanol–water partition coefficient (Wildman–Crippen LogP) is 2.45. The first-order valence-corrected chi connectivity index (χ1v) is 8.30. The molecule has 0 spiro atoms. The SMILES string of the molecule is CC1CC(N)(C[Si](C)(C)C)C1. The van der Waals surface area contributed by atoms with Crippen molar-refractivity contribution < 1.29 is 0 Å². The maximum Gasteiger partial charge on any atom is 0.0460 e. The van der Waals surface area contributed by atoms with Crippen molar-refractivity contribution in [3.05, 3.63) is 0 Å². The lowest BCUT2D eigenvalue weighted by Crippen LogP contribution is -2.54. The summed E-state index contributed by atoms with van der Waals surface area (Å²) in [5.74, 6) is 0.886. The summed E-state index contributed by atoms with van der Waals surface area (Å²) in [6.45, 7) is 9.52. The number of nitrogens with two attached hydrogens (primary N) is 1. The summed E-state index contributed by atoms with van der Waals surface area (Å²) in [6.07, 6.45) is 2.52. The molecule has 0 aliphatic heterocycles. The first kappa shape index (κ1) is 9.27. The van der Waals surface area contributed by atoms with Gasteiger partial charge >= 0.3 is 0 Å². The summed E-state index contributed by atoms with van der Waals surface area (Å²) < 4.78 is 0. The second kappa shape index (κ2) is 2.59. The van der Waals surface area contributed by atoms with E-state index in [0.717, 1.165) is 5.92 Å². The third-order valence-electron chi connectivity index (χ3n) is 2.39. The van der Waals surface area contributed by atoms with Gasteiger partial charge in [-0.3, -0.25) is 0 Å². The minimum absolute atomic E-state index is 0.240. The molecule has 1 rings (SSSR count). The van der Waals surface area contributed by atoms with E-state index in [-0.39, 0.29) is 5.54 Å². The van der Waals surface area contributed by atoms with Crippen molar-refractivity contribution in [1.29, 1.82) is 0 Å². The predicted molar refractivity (Wildman–Crippen MR) is 53.5 cm³/mol. The Morgan fingerprint density at radius 2 is 1.82 bits per heavy atom. The molecule has 1 nitrogen and oxygen atoms in total. The van der Waals surface area contributed by atoms with Crippen LogP contribution in [-0.2, 0) is 0 Å². The van der Waals surface area contributed by atoms with Crippen LogP contribution >= 0.6 is 0 Å². The van der Waals surface area contributed by atoms with E-state index in [1.807, 2.05) is 0 Å². The van der Waals surface area contributed by atoms with Crippen LogP contribution in [-0.4, -0.2) is 13.6 Å². The highest BCUT2D eigenvalue weighted by Crippen LogP contribution is 2.40. The lowest BCUT2D eigenvalue weighted by atomic mass is 9.71. The third kappa shape index (κ3) is 2.60. The smallest absolute Gasteiger partial charge is 0.0460 e. The van der Waals surface area contributed by atoms with Gasteiger partial charge in [-0.25, -0.2) is 0 Å². The summed E-state index contributed by atoms with van der Waals surface area (Å²) in [7, 11) is -0.917. The molecule has 0 heterocycles. The average molecular weight is 171 g/mol. The Kier molecular flexibility index (Phi) is 2.19. The quantitative estimate of drug-likeness (QED) is 0.635. The molecule has 0 saturated heterocycles. The maximum atomic E-state index is 6.21. The van der Waals surface area contributed by atoms with Crippen LogP contribution < -0.4 is 5.73 Å². The molecule has 1 saturated carbocycles. The Morgan fingerprint density at radius 3 is 2.09 bits per heavy atom. The van der Waals surface area contributed by atoms with E-state index in [0.29, 0.717) is 0 Å². The van der Waals surface area contributed by atoms with Gasteiger partial charge in [-0.1, -0.05) is 26.6 Å². The molecule has 1 aliphatic rings. The Bertz CT molecular complexity index is 142. The van der Waals surface area contributed by atoms with Gasteiger partial charge in [0, 0.05) is 13.6 Å². The molecule has 0 aromatic heterocycles. The zero-order chi connectivity index (χ0) is 8.70. The van der Waals surface area contributed by atoms with Gasteiger partial charge in [0.1, 0.15) is 0 Å². The number of hydrogen-bond acceptors (Lipinski definition) is 1. The van der Waals surface area contributed by atoms with E-state index < -0.39 is 8.07 Å². The van der Waals surface area contributed by atoms with E-state index in [1.54, 1.807) is 0 Å². The normalized spacial score (nSPS) is 38.5. The maximum absolute atomic E-state index is 6.21. The van der Waals surface area contributed by atoms with Crippen molar-refractivity contribution in [2.45, 2.75) is 51.0 Å². The summed E-state index contributed by atoms with van der Waals surface area (Å²) in [6, 6.07) is 1.31. The highest BCUT2D eigenvalue weighted by atomic mass is 28.3. The fourth-order valence-electron chi connectivity index (χ4n) is 2.53. The molecule has 0 aromatic carbocycles. The summed E-state index contributed by atoms with van der Waals surface area (Å²) in [4.78, 5) is 0. The first-order valence-electron chi connectivity index (χ1n) is 4.60. The van der Waals surface area contributed by atoms with Crippen molar-refractivity contribution >= 4 is 8.07 Å². The van der Waals surface area contributed by atoms with Crippen LogP contribution in [0.4, 0.5) is 0 Å². The van der Waals surface area contributed by atoms with Gasteiger partial charge < -0.3 is 5.73 Å². The standard InChI is InChI=1S/C9H21NSi/c1-8-5-9(10,6-8)7-11(2,3)4/h8H,5-7,10H2,1-4H3. The zero-order valence-corrected chi connectivity index (χ0v) is 9.28. The lowest BCUT2D eigenvalue weighted by molar-refractivity contribution is 0.182. The molecule has 2 N–H and O–H groups in total. The monoisotopic (exact) mass is 171 g/mol. The van der Waals surface area contributed by atoms with Crippen molar-refractivity contribution in [3.8, 4) is 0 Å². The second-order valence-corrected chi connectivity index (χ2v) is 11.1. The van der Waals surface area contributed by atoms with Crippen LogP contribution in [0.25, 0.3) is 0 Å². The zero-order valence-electron chi connectivity index (χ0n) is 8.28. The summed E-state index contributed by atoms with van der Waals surface area (Å²) in [5, 5.41) is 0. The van der Waals surface area contributed by atoms with Gasteiger partial charge in [-0.2, -0.15) is 0 Å². The Hall–Kier alpha value is 0.177. The van der Waals surface area contributed by atoms with Gasteiger partial charge in [0.05, 0.1) is 0 Å². The van der Waals surface area contributed by atoms with E-state index in [1.165, 1.54) is 18.9 Å². The Balaban J connectivity index is 2.38. The molecule has 0 atom stereocenters. The summed E-state index contributed by atoms with van der Waals surface area (Å²) in [5.41, 5.74) is 6.45. The van der Waals surface area contributed by atoms with E-state index in [4.69, 9.17) is 5.73 Å². The number of rotatable bonds is 2. The van der Waals surface area contributed by atoms with Gasteiger partial charge in [-0.05, 0) is 24.8 Å². The molecule has 1 fully saturated rings. The van der Waals surface area contributed by atoms with E-state index in [2.05, 4.69) is 26.6 Å². The van der Waals surface area contributed by atoms with Crippen LogP contribution in [0, 0.1) is 5.92 Å². The van der Waals surface area contributed by atoms with E-state index in [9.17, 15) is 0 Å². The van der Waals surface area contributed by atoms with Crippen LogP contribution in [0.2, 0.25) is 25.7 Å². The molecule has 0 bridgehead atoms. The topological polar surface area (TPSA) is 26.0 Å². The van der Waals surface area contributed by atoms with Crippen molar-refractivity contribution in [1.82, 2.24) is 0 Å². The summed E-state index contributed by atoms with van der Waals surface area (Å²) >= 11 is 0. The lowest BCUT2D eigenvalue weighted by Gasteiger charge is -2.46. The molecule has 0 radical (unpaired) electrons. The molecular formula is C9H21NSi. The molecule has 1 aliphatic carbocycles. The number of hydrogen-bond donors (Lipinski definition) is 1. The molecule has 0 unspecified atom stereocenters. The van der Waals surface area contributed by atoms with Gasteiger partial charge in [0.25, 0.3) is 0 Å². The minimum Gasteiger partial charge on any atom is -0.325 e. The highest BCUT2D eigenvalue weighted by molar-refractivity contribution is 6.76. The Morgan fingerprint density at radius 1 is 1.36 bits per heavy atom. The largest absolute Gasteiger partial charge is 0.325 e. The Labute approximate surface area is 71.4 Å². The minimum atomic E-state index is -0.917. The highest BCUT2D eigenvalue weighted by Gasteiger charge is 2.41. The van der Waals surface area contributed by atoms with Gasteiger partial charge in [0.2, 0.25) is 0 Å². The first-order chi connectivity index (χ1) is 4.81. The molecular weight excluding hydrogens is 150 g/mol. The van der Waals surface area contributed by atoms with Gasteiger partial charge in [0.15, 0.2) is 0 Å². The fraction of sp³-hybridized carbons (Fsp3) is 1.00. The fourth-order valence-corrected chi connectivity index (χ4v) is 4.93. The van der Waals surface area contributed by atoms with Crippen molar-refractivity contribution in [2.75, 3.05) is 0 Å². The van der Waals surface area contributed by atoms with Crippen molar-refractivity contribution in [2.24, 2.45) is 11.7 Å². The second-order valence-electron chi connectivity index (χ2n) is 5.61. The van der Waals surface area contributed by atoms with Crippen LogP contribution in [0.15, 0.2) is 0 Å². The third-order valence-corrected chi connectivity index (χ3v) is 4.16. The molecule has 66 valence electrons. The van der Waals surface area contributed by atoms with Crippen LogP contribution in [0.1, 0.15) is 19.8 Å². The average Bonchev–Trinajstić information content (AvgIpc) is 1.53. The molecule has 0 amide bonds. The van der Waals surface area contributed by atoms with Crippen LogP contribution in [0.5, 0.6) is 0 Å². The van der Waals surface area contributed by atoms with Crippen LogP contribution in [0.3, 0.4) is 0 Å². The van der Waals surface area contributed by atoms with Crippen molar-refractivity contribution in [3.63, 3.8) is 0 Å². The molecule has 0 aromatic rings. The van der Waals surface area contributed by atoms with Gasteiger partial charge in [-0.15, -0.1) is 0 Å². The molecule has 11 heavy (non-hydrogen) atoms. The molecule has 2 heteroatoms. The van der Waals surface area contributed by atoms with E-state index >= 15 is 0 Å².